The number of non-ortho nitro benzene ring substituents is 1. The Morgan fingerprint density at radius 1 is 1.21 bits per heavy atom. The second kappa shape index (κ2) is 7.47. The van der Waals surface area contributed by atoms with Gasteiger partial charge in [0.1, 0.15) is 0 Å². The van der Waals surface area contributed by atoms with Gasteiger partial charge < -0.3 is 9.47 Å². The van der Waals surface area contributed by atoms with Crippen molar-refractivity contribution in [1.82, 2.24) is 0 Å². The number of nitro benzene ring substituents is 1. The molecule has 1 aliphatic heterocycles. The number of Topliss-reactive ketones (excluding diaryl/α,β-unsaturated/α-hetero) is 1. The third-order valence-electron chi connectivity index (χ3n) is 4.37. The molecule has 0 saturated carbocycles. The molecule has 3 rings (SSSR count). The number of benzene rings is 2. The average molecular weight is 406 g/mol. The molecule has 0 atom stereocenters. The van der Waals surface area contributed by atoms with E-state index in [4.69, 9.17) is 9.47 Å². The van der Waals surface area contributed by atoms with Gasteiger partial charge in [-0.1, -0.05) is 0 Å². The highest BCUT2D eigenvalue weighted by molar-refractivity contribution is 7.92. The minimum atomic E-state index is -3.36. The standard InChI is InChI=1S/C18H18N2O7S/c1-26-17-6-4-14(20(22)23)10-18(17)27-11-16(21)13-3-5-15-12(9-13)7-8-19(15)28(2,24)25/h3-6,9-10H,7-8,11H2,1-2H3. The van der Waals surface area contributed by atoms with E-state index < -0.39 is 14.9 Å². The molecule has 148 valence electrons. The van der Waals surface area contributed by atoms with Crippen LogP contribution < -0.4 is 13.8 Å². The number of sulfonamides is 1. The molecule has 0 bridgehead atoms. The molecule has 0 saturated heterocycles. The molecule has 0 radical (unpaired) electrons. The summed E-state index contributed by atoms with van der Waals surface area (Å²) in [6.45, 7) is -0.000697. The van der Waals surface area contributed by atoms with E-state index in [1.54, 1.807) is 18.2 Å². The lowest BCUT2D eigenvalue weighted by Gasteiger charge is -2.16. The lowest BCUT2D eigenvalue weighted by atomic mass is 10.1. The van der Waals surface area contributed by atoms with Crippen LogP contribution in [0, 0.1) is 10.1 Å². The van der Waals surface area contributed by atoms with Crippen LogP contribution in [0.2, 0.25) is 0 Å². The molecule has 0 aromatic heterocycles. The van der Waals surface area contributed by atoms with E-state index in [-0.39, 0.29) is 29.6 Å². The van der Waals surface area contributed by atoms with Crippen LogP contribution in [0.1, 0.15) is 15.9 Å². The summed E-state index contributed by atoms with van der Waals surface area (Å²) in [6.07, 6.45) is 1.66. The van der Waals surface area contributed by atoms with E-state index in [0.29, 0.717) is 24.2 Å². The minimum Gasteiger partial charge on any atom is -0.493 e. The SMILES string of the molecule is COc1ccc([N+](=O)[O-])cc1OCC(=O)c1ccc2c(c1)CCN2S(C)(=O)=O. The van der Waals surface area contributed by atoms with Crippen LogP contribution in [0.5, 0.6) is 11.5 Å². The number of hydrogen-bond acceptors (Lipinski definition) is 7. The summed E-state index contributed by atoms with van der Waals surface area (Å²) in [6, 6.07) is 8.66. The van der Waals surface area contributed by atoms with Gasteiger partial charge in [-0.25, -0.2) is 8.42 Å². The molecule has 10 heteroatoms. The zero-order valence-corrected chi connectivity index (χ0v) is 16.1. The summed E-state index contributed by atoms with van der Waals surface area (Å²) in [7, 11) is -1.97. The highest BCUT2D eigenvalue weighted by Crippen LogP contribution is 2.32. The predicted molar refractivity (Wildman–Crippen MR) is 102 cm³/mol. The third kappa shape index (κ3) is 3.91. The third-order valence-corrected chi connectivity index (χ3v) is 5.55. The van der Waals surface area contributed by atoms with E-state index in [1.807, 2.05) is 0 Å². The molecule has 0 N–H and O–H groups in total. The average Bonchev–Trinajstić information content (AvgIpc) is 3.09. The first-order chi connectivity index (χ1) is 13.2. The van der Waals surface area contributed by atoms with Gasteiger partial charge in [0.2, 0.25) is 10.0 Å². The predicted octanol–water partition coefficient (Wildman–Crippen LogP) is 2.19. The number of ketones is 1. The molecule has 2 aromatic rings. The first kappa shape index (κ1) is 19.6. The van der Waals surface area contributed by atoms with Crippen LogP contribution >= 0.6 is 0 Å². The Hall–Kier alpha value is -3.14. The highest BCUT2D eigenvalue weighted by Gasteiger charge is 2.27. The first-order valence-corrected chi connectivity index (χ1v) is 10.1. The second-order valence-electron chi connectivity index (χ2n) is 6.23. The van der Waals surface area contributed by atoms with Gasteiger partial charge in [0.05, 0.1) is 30.0 Å². The summed E-state index contributed by atoms with van der Waals surface area (Å²) >= 11 is 0. The van der Waals surface area contributed by atoms with Gasteiger partial charge in [0.15, 0.2) is 23.9 Å². The number of nitrogens with zero attached hydrogens (tertiary/aromatic N) is 2. The van der Waals surface area contributed by atoms with E-state index in [0.717, 1.165) is 11.8 Å². The van der Waals surface area contributed by atoms with Crippen molar-refractivity contribution in [3.63, 3.8) is 0 Å². The molecule has 2 aromatic carbocycles. The zero-order chi connectivity index (χ0) is 20.5. The number of methoxy groups -OCH3 is 1. The molecular weight excluding hydrogens is 388 g/mol. The van der Waals surface area contributed by atoms with Crippen molar-refractivity contribution in [2.75, 3.05) is 30.8 Å². The van der Waals surface area contributed by atoms with E-state index in [1.165, 1.54) is 29.6 Å². The molecule has 0 amide bonds. The van der Waals surface area contributed by atoms with Gasteiger partial charge in [-0.2, -0.15) is 0 Å². The van der Waals surface area contributed by atoms with Crippen molar-refractivity contribution in [2.24, 2.45) is 0 Å². The summed E-state index contributed by atoms with van der Waals surface area (Å²) in [4.78, 5) is 22.8. The fourth-order valence-corrected chi connectivity index (χ4v) is 3.97. The Morgan fingerprint density at radius 2 is 1.96 bits per heavy atom. The van der Waals surface area contributed by atoms with Gasteiger partial charge in [-0.05, 0) is 36.2 Å². The van der Waals surface area contributed by atoms with Crippen molar-refractivity contribution in [3.05, 3.63) is 57.6 Å². The lowest BCUT2D eigenvalue weighted by Crippen LogP contribution is -2.27. The number of rotatable bonds is 7. The smallest absolute Gasteiger partial charge is 0.273 e. The minimum absolute atomic E-state index is 0.0921. The van der Waals surface area contributed by atoms with E-state index >= 15 is 0 Å². The molecule has 9 nitrogen and oxygen atoms in total. The maximum absolute atomic E-state index is 12.5. The van der Waals surface area contributed by atoms with Crippen LogP contribution in [0.4, 0.5) is 11.4 Å². The Balaban J connectivity index is 1.76. The first-order valence-electron chi connectivity index (χ1n) is 8.30. The quantitative estimate of drug-likeness (QED) is 0.393. The maximum Gasteiger partial charge on any atom is 0.273 e. The summed E-state index contributed by atoms with van der Waals surface area (Å²) < 4.78 is 35.4. The summed E-state index contributed by atoms with van der Waals surface area (Å²) in [5, 5.41) is 10.9. The van der Waals surface area contributed by atoms with Crippen LogP contribution in [0.15, 0.2) is 36.4 Å². The van der Waals surface area contributed by atoms with Crippen molar-refractivity contribution >= 4 is 27.2 Å². The van der Waals surface area contributed by atoms with Gasteiger partial charge in [0, 0.05) is 18.2 Å². The maximum atomic E-state index is 12.5. The number of carbonyl (C=O) groups excluding carboxylic acids is 1. The van der Waals surface area contributed by atoms with Crippen LogP contribution in [0.3, 0.4) is 0 Å². The topological polar surface area (TPSA) is 116 Å². The Morgan fingerprint density at radius 3 is 2.61 bits per heavy atom. The van der Waals surface area contributed by atoms with Crippen molar-refractivity contribution < 1.29 is 27.6 Å². The largest absolute Gasteiger partial charge is 0.493 e. The molecular formula is C18H18N2O7S. The molecule has 0 fully saturated rings. The number of nitro groups is 1. The number of ether oxygens (including phenoxy) is 2. The Bertz CT molecular complexity index is 1050. The van der Waals surface area contributed by atoms with Gasteiger partial charge in [-0.15, -0.1) is 0 Å². The Kier molecular flexibility index (Phi) is 5.23. The normalized spacial score (nSPS) is 13.1. The molecule has 0 spiro atoms. The number of hydrogen-bond donors (Lipinski definition) is 0. The van der Waals surface area contributed by atoms with Crippen molar-refractivity contribution in [1.29, 1.82) is 0 Å². The van der Waals surface area contributed by atoms with Gasteiger partial charge >= 0.3 is 0 Å². The van der Waals surface area contributed by atoms with Crippen molar-refractivity contribution in [2.45, 2.75) is 6.42 Å². The fourth-order valence-electron chi connectivity index (χ4n) is 3.01. The highest BCUT2D eigenvalue weighted by atomic mass is 32.2. The molecule has 28 heavy (non-hydrogen) atoms. The summed E-state index contributed by atoms with van der Waals surface area (Å²) in [5.74, 6) is 0.0276. The molecule has 0 aliphatic carbocycles. The molecule has 1 aliphatic rings. The van der Waals surface area contributed by atoms with Gasteiger partial charge in [-0.3, -0.25) is 19.2 Å². The van der Waals surface area contributed by atoms with E-state index in [9.17, 15) is 23.3 Å². The number of anilines is 1. The lowest BCUT2D eigenvalue weighted by molar-refractivity contribution is -0.385. The van der Waals surface area contributed by atoms with Crippen LogP contribution in [-0.2, 0) is 16.4 Å². The summed E-state index contributed by atoms with van der Waals surface area (Å²) in [5.41, 5.74) is 1.53. The monoisotopic (exact) mass is 406 g/mol. The van der Waals surface area contributed by atoms with Crippen LogP contribution in [-0.4, -0.2) is 45.6 Å². The fraction of sp³-hybridized carbons (Fsp3) is 0.278. The molecule has 0 unspecified atom stereocenters. The number of carbonyl (C=O) groups is 1. The zero-order valence-electron chi connectivity index (χ0n) is 15.2. The molecule has 1 heterocycles. The van der Waals surface area contributed by atoms with Gasteiger partial charge in [0.25, 0.3) is 5.69 Å². The number of fused-ring (bicyclic) bond motifs is 1. The van der Waals surface area contributed by atoms with Crippen LogP contribution in [0.25, 0.3) is 0 Å². The second-order valence-corrected chi connectivity index (χ2v) is 8.14. The van der Waals surface area contributed by atoms with Crippen molar-refractivity contribution in [3.8, 4) is 11.5 Å². The van der Waals surface area contributed by atoms with E-state index in [2.05, 4.69) is 0 Å². The Labute approximate surface area is 161 Å².